The second kappa shape index (κ2) is 14.9. The maximum absolute atomic E-state index is 14.1. The first kappa shape index (κ1) is 32.0. The maximum Gasteiger partial charge on any atom is 0.264 e. The van der Waals surface area contributed by atoms with Gasteiger partial charge in [0.25, 0.3) is 10.0 Å². The molecule has 1 atom stereocenters. The largest absolute Gasteiger partial charge is 0.492 e. The highest BCUT2D eigenvalue weighted by atomic mass is 32.2. The van der Waals surface area contributed by atoms with E-state index in [4.69, 9.17) is 4.74 Å². The van der Waals surface area contributed by atoms with Gasteiger partial charge in [0.15, 0.2) is 0 Å². The molecule has 0 saturated carbocycles. The van der Waals surface area contributed by atoms with Gasteiger partial charge in [-0.15, -0.1) is 11.8 Å². The van der Waals surface area contributed by atoms with E-state index in [1.807, 2.05) is 6.26 Å². The fraction of sp³-hybridized carbons (Fsp3) is 0.333. The smallest absolute Gasteiger partial charge is 0.264 e. The average molecular weight is 602 g/mol. The van der Waals surface area contributed by atoms with Crippen molar-refractivity contribution in [2.24, 2.45) is 0 Å². The summed E-state index contributed by atoms with van der Waals surface area (Å²) in [6, 6.07) is 17.8. The van der Waals surface area contributed by atoms with E-state index in [1.54, 1.807) is 57.2 Å². The first-order valence-corrected chi connectivity index (χ1v) is 16.0. The Kier molecular flexibility index (Phi) is 11.6. The molecule has 0 unspecified atom stereocenters. The van der Waals surface area contributed by atoms with Crippen LogP contribution in [0.5, 0.6) is 5.75 Å². The van der Waals surface area contributed by atoms with E-state index >= 15 is 0 Å². The van der Waals surface area contributed by atoms with Gasteiger partial charge in [-0.3, -0.25) is 13.9 Å². The maximum atomic E-state index is 14.1. The molecule has 3 rings (SSSR count). The number of nitrogens with zero attached hydrogens (tertiary/aromatic N) is 2. The van der Waals surface area contributed by atoms with Gasteiger partial charge in [0.05, 0.1) is 17.2 Å². The van der Waals surface area contributed by atoms with Crippen LogP contribution in [0, 0.1) is 5.82 Å². The highest BCUT2D eigenvalue weighted by Crippen LogP contribution is 2.33. The Morgan fingerprint density at radius 3 is 2.22 bits per heavy atom. The van der Waals surface area contributed by atoms with Crippen LogP contribution >= 0.6 is 11.8 Å². The molecule has 0 saturated heterocycles. The molecule has 11 heteroatoms. The van der Waals surface area contributed by atoms with Crippen molar-refractivity contribution in [1.29, 1.82) is 0 Å². The van der Waals surface area contributed by atoms with Gasteiger partial charge >= 0.3 is 0 Å². The number of carbonyl (C=O) groups is 2. The zero-order valence-corrected chi connectivity index (χ0v) is 25.3. The predicted octanol–water partition coefficient (Wildman–Crippen LogP) is 5.09. The molecule has 0 aromatic heterocycles. The van der Waals surface area contributed by atoms with Crippen molar-refractivity contribution in [1.82, 2.24) is 10.2 Å². The summed E-state index contributed by atoms with van der Waals surface area (Å²) >= 11 is 1.48. The summed E-state index contributed by atoms with van der Waals surface area (Å²) in [5.74, 6) is -1.09. The van der Waals surface area contributed by atoms with E-state index < -0.39 is 34.3 Å². The SMILES string of the molecule is CCNC(=O)[C@@H](CC)N(Cc1ccc(F)cc1)C(=O)CN(c1ccccc1OCC)S(=O)(=O)c1ccc(SC)cc1. The number of sulfonamides is 1. The van der Waals surface area contributed by atoms with Crippen LogP contribution in [0.4, 0.5) is 10.1 Å². The van der Waals surface area contributed by atoms with Crippen LogP contribution in [-0.4, -0.2) is 57.1 Å². The molecule has 41 heavy (non-hydrogen) atoms. The summed E-state index contributed by atoms with van der Waals surface area (Å²) in [5, 5.41) is 2.76. The summed E-state index contributed by atoms with van der Waals surface area (Å²) in [6.07, 6.45) is 2.18. The first-order valence-electron chi connectivity index (χ1n) is 13.4. The Labute approximate surface area is 245 Å². The fourth-order valence-electron chi connectivity index (χ4n) is 4.33. The zero-order chi connectivity index (χ0) is 30.0. The number of para-hydroxylation sites is 2. The monoisotopic (exact) mass is 601 g/mol. The lowest BCUT2D eigenvalue weighted by Crippen LogP contribution is -2.52. The van der Waals surface area contributed by atoms with Gasteiger partial charge in [0, 0.05) is 18.0 Å². The Hall–Kier alpha value is -3.57. The molecule has 8 nitrogen and oxygen atoms in total. The lowest BCUT2D eigenvalue weighted by atomic mass is 10.1. The second-order valence-corrected chi connectivity index (χ2v) is 11.8. The number of amides is 2. The summed E-state index contributed by atoms with van der Waals surface area (Å²) in [7, 11) is -4.24. The van der Waals surface area contributed by atoms with Crippen molar-refractivity contribution in [2.75, 3.05) is 30.3 Å². The van der Waals surface area contributed by atoms with Gasteiger partial charge in [-0.2, -0.15) is 0 Å². The van der Waals surface area contributed by atoms with Gasteiger partial charge in [0.2, 0.25) is 11.8 Å². The van der Waals surface area contributed by atoms with Gasteiger partial charge in [-0.1, -0.05) is 31.2 Å². The third-order valence-electron chi connectivity index (χ3n) is 6.36. The van der Waals surface area contributed by atoms with Crippen molar-refractivity contribution in [3.63, 3.8) is 0 Å². The Morgan fingerprint density at radius 2 is 1.63 bits per heavy atom. The average Bonchev–Trinajstić information content (AvgIpc) is 2.97. The van der Waals surface area contributed by atoms with Gasteiger partial charge in [0.1, 0.15) is 24.2 Å². The molecule has 0 bridgehead atoms. The number of ether oxygens (including phenoxy) is 1. The quantitative estimate of drug-likeness (QED) is 0.259. The molecule has 0 radical (unpaired) electrons. The van der Waals surface area contributed by atoms with Crippen molar-refractivity contribution < 1.29 is 27.1 Å². The lowest BCUT2D eigenvalue weighted by Gasteiger charge is -2.33. The number of anilines is 1. The number of benzene rings is 3. The zero-order valence-electron chi connectivity index (χ0n) is 23.7. The van der Waals surface area contributed by atoms with Crippen molar-refractivity contribution in [3.05, 3.63) is 84.2 Å². The van der Waals surface area contributed by atoms with E-state index in [0.717, 1.165) is 9.20 Å². The number of hydrogen-bond donors (Lipinski definition) is 1. The first-order chi connectivity index (χ1) is 19.7. The van der Waals surface area contributed by atoms with Crippen LogP contribution < -0.4 is 14.4 Å². The molecular weight excluding hydrogens is 565 g/mol. The fourth-order valence-corrected chi connectivity index (χ4v) is 6.16. The van der Waals surface area contributed by atoms with Crippen LogP contribution in [0.1, 0.15) is 32.8 Å². The summed E-state index contributed by atoms with van der Waals surface area (Å²) < 4.78 is 48.5. The molecule has 0 fully saturated rings. The predicted molar refractivity (Wildman–Crippen MR) is 160 cm³/mol. The molecule has 3 aromatic carbocycles. The summed E-state index contributed by atoms with van der Waals surface area (Å²) in [4.78, 5) is 29.3. The highest BCUT2D eigenvalue weighted by Gasteiger charge is 2.34. The van der Waals surface area contributed by atoms with Gasteiger partial charge in [-0.25, -0.2) is 12.8 Å². The molecule has 220 valence electrons. The molecule has 0 aliphatic carbocycles. The number of carbonyl (C=O) groups excluding carboxylic acids is 2. The minimum absolute atomic E-state index is 0.00949. The molecule has 0 aliphatic heterocycles. The Morgan fingerprint density at radius 1 is 0.976 bits per heavy atom. The lowest BCUT2D eigenvalue weighted by molar-refractivity contribution is -0.140. The molecule has 0 heterocycles. The molecule has 2 amide bonds. The van der Waals surface area contributed by atoms with Crippen molar-refractivity contribution in [3.8, 4) is 5.75 Å². The van der Waals surface area contributed by atoms with E-state index in [2.05, 4.69) is 5.32 Å². The number of nitrogens with one attached hydrogen (secondary N) is 1. The molecule has 1 N–H and O–H groups in total. The highest BCUT2D eigenvalue weighted by molar-refractivity contribution is 7.98. The molecule has 0 spiro atoms. The Balaban J connectivity index is 2.11. The number of rotatable bonds is 14. The van der Waals surface area contributed by atoms with E-state index in [1.165, 1.54) is 53.1 Å². The normalized spacial score (nSPS) is 11.9. The topological polar surface area (TPSA) is 96.0 Å². The second-order valence-electron chi connectivity index (χ2n) is 9.05. The van der Waals surface area contributed by atoms with Crippen LogP contribution in [0.2, 0.25) is 0 Å². The van der Waals surface area contributed by atoms with E-state index in [0.29, 0.717) is 17.9 Å². The van der Waals surface area contributed by atoms with Crippen molar-refractivity contribution in [2.45, 2.75) is 49.6 Å². The van der Waals surface area contributed by atoms with Crippen molar-refractivity contribution >= 4 is 39.3 Å². The molecule has 0 aliphatic rings. The minimum Gasteiger partial charge on any atom is -0.492 e. The van der Waals surface area contributed by atoms with Crippen LogP contribution in [0.3, 0.4) is 0 Å². The number of likely N-dealkylation sites (N-methyl/N-ethyl adjacent to an activating group) is 1. The number of hydrogen-bond acceptors (Lipinski definition) is 6. The minimum atomic E-state index is -4.24. The number of halogens is 1. The van der Waals surface area contributed by atoms with Crippen LogP contribution in [-0.2, 0) is 26.2 Å². The Bertz CT molecular complexity index is 1420. The van der Waals surface area contributed by atoms with Crippen LogP contribution in [0.25, 0.3) is 0 Å². The molecule has 3 aromatic rings. The third-order valence-corrected chi connectivity index (χ3v) is 8.88. The standard InChI is InChI=1S/C30H36FN3O5S2/c1-5-26(30(36)32-6-2)33(20-22-12-14-23(31)15-13-22)29(35)21-34(27-10-8-9-11-28(27)39-7-3)41(37,38)25-18-16-24(40-4)17-19-25/h8-19,26H,5-7,20-21H2,1-4H3,(H,32,36)/t26-/m1/s1. The summed E-state index contributed by atoms with van der Waals surface area (Å²) in [6.45, 7) is 5.38. The van der Waals surface area contributed by atoms with Gasteiger partial charge in [-0.05, 0) is 80.6 Å². The summed E-state index contributed by atoms with van der Waals surface area (Å²) in [5.41, 5.74) is 0.795. The van der Waals surface area contributed by atoms with E-state index in [-0.39, 0.29) is 36.1 Å². The molecular formula is C30H36FN3O5S2. The number of thioether (sulfide) groups is 1. The third kappa shape index (κ3) is 8.01. The van der Waals surface area contributed by atoms with E-state index in [9.17, 15) is 22.4 Å². The van der Waals surface area contributed by atoms with Crippen LogP contribution in [0.15, 0.2) is 82.6 Å². The van der Waals surface area contributed by atoms with Gasteiger partial charge < -0.3 is 15.0 Å².